The Bertz CT molecular complexity index is 124. The van der Waals surface area contributed by atoms with Crippen LogP contribution in [0.5, 0.6) is 0 Å². The van der Waals surface area contributed by atoms with Gasteiger partial charge in [0.1, 0.15) is 0 Å². The van der Waals surface area contributed by atoms with Crippen molar-refractivity contribution in [1.82, 2.24) is 0 Å². The van der Waals surface area contributed by atoms with E-state index in [-0.39, 0.29) is 0 Å². The summed E-state index contributed by atoms with van der Waals surface area (Å²) in [5, 5.41) is 0. The quantitative estimate of drug-likeness (QED) is 0.345. The zero-order chi connectivity index (χ0) is 10.6. The topological polar surface area (TPSA) is 0 Å². The third-order valence-electron chi connectivity index (χ3n) is 2.77. The number of unbranched alkanes of at least 4 members (excludes halogenated alkanes) is 3. The molecule has 84 valence electrons. The second kappa shape index (κ2) is 10.8. The van der Waals surface area contributed by atoms with E-state index in [1.807, 2.05) is 0 Å². The van der Waals surface area contributed by atoms with Crippen LogP contribution in [0.2, 0.25) is 0 Å². The predicted molar refractivity (Wildman–Crippen MR) is 66.6 cm³/mol. The van der Waals surface area contributed by atoms with Crippen LogP contribution in [0.25, 0.3) is 0 Å². The van der Waals surface area contributed by atoms with Gasteiger partial charge in [-0.2, -0.15) is 0 Å². The zero-order valence-electron chi connectivity index (χ0n) is 10.4. The van der Waals surface area contributed by atoms with Crippen LogP contribution in [0.15, 0.2) is 12.2 Å². The van der Waals surface area contributed by atoms with Crippen LogP contribution in [0.1, 0.15) is 72.1 Å². The molecule has 0 N–H and O–H groups in total. The maximum atomic E-state index is 2.38. The Morgan fingerprint density at radius 2 is 1.50 bits per heavy atom. The largest absolute Gasteiger partial charge is 0.0885 e. The lowest BCUT2D eigenvalue weighted by molar-refractivity contribution is 0.475. The van der Waals surface area contributed by atoms with Crippen molar-refractivity contribution in [2.24, 2.45) is 5.92 Å². The van der Waals surface area contributed by atoms with E-state index in [9.17, 15) is 0 Å². The molecule has 0 bridgehead atoms. The first-order chi connectivity index (χ1) is 6.81. The van der Waals surface area contributed by atoms with Crippen LogP contribution in [0.4, 0.5) is 0 Å². The summed E-state index contributed by atoms with van der Waals surface area (Å²) < 4.78 is 0. The first kappa shape index (κ1) is 13.7. The summed E-state index contributed by atoms with van der Waals surface area (Å²) in [5.74, 6) is 0.922. The molecule has 0 fully saturated rings. The van der Waals surface area contributed by atoms with Gasteiger partial charge in [0, 0.05) is 0 Å². The van der Waals surface area contributed by atoms with Crippen molar-refractivity contribution in [3.05, 3.63) is 12.2 Å². The molecule has 0 saturated carbocycles. The van der Waals surface area contributed by atoms with Crippen LogP contribution in [-0.2, 0) is 0 Å². The van der Waals surface area contributed by atoms with Gasteiger partial charge in [0.2, 0.25) is 0 Å². The van der Waals surface area contributed by atoms with Crippen LogP contribution in [0, 0.1) is 5.92 Å². The second-order valence-electron chi connectivity index (χ2n) is 4.44. The third kappa shape index (κ3) is 9.83. The highest BCUT2D eigenvalue weighted by atomic mass is 14.0. The maximum absolute atomic E-state index is 2.38. The smallest absolute Gasteiger partial charge is 0.0348 e. The fraction of sp³-hybridized carbons (Fsp3) is 0.857. The molecule has 0 spiro atoms. The zero-order valence-corrected chi connectivity index (χ0v) is 10.4. The Hall–Kier alpha value is -0.260. The van der Waals surface area contributed by atoms with E-state index in [1.54, 1.807) is 0 Å². The minimum absolute atomic E-state index is 0.922. The highest BCUT2D eigenvalue weighted by molar-refractivity contribution is 4.81. The van der Waals surface area contributed by atoms with Crippen LogP contribution in [0.3, 0.4) is 0 Å². The minimum Gasteiger partial charge on any atom is -0.0885 e. The van der Waals surface area contributed by atoms with Gasteiger partial charge in [0.15, 0.2) is 0 Å². The molecule has 0 amide bonds. The predicted octanol–water partition coefficient (Wildman–Crippen LogP) is 5.34. The molecule has 0 aliphatic rings. The summed E-state index contributed by atoms with van der Waals surface area (Å²) >= 11 is 0. The first-order valence-electron chi connectivity index (χ1n) is 6.46. The summed E-state index contributed by atoms with van der Waals surface area (Å²) in [6.45, 7) is 6.91. The molecule has 0 saturated heterocycles. The molecule has 0 nitrogen and oxygen atoms in total. The minimum atomic E-state index is 0.922. The van der Waals surface area contributed by atoms with Crippen molar-refractivity contribution in [2.45, 2.75) is 72.1 Å². The number of rotatable bonds is 9. The van der Waals surface area contributed by atoms with Crippen molar-refractivity contribution < 1.29 is 0 Å². The lowest BCUT2D eigenvalue weighted by Gasteiger charge is -2.07. The fourth-order valence-corrected chi connectivity index (χ4v) is 1.64. The van der Waals surface area contributed by atoms with Crippen molar-refractivity contribution in [2.75, 3.05) is 0 Å². The SMILES string of the molecule is CCCCC=CCCC(C)CCCC. The number of hydrogen-bond donors (Lipinski definition) is 0. The molecular weight excluding hydrogens is 168 g/mol. The van der Waals surface area contributed by atoms with Crippen molar-refractivity contribution in [3.63, 3.8) is 0 Å². The summed E-state index contributed by atoms with van der Waals surface area (Å²) in [4.78, 5) is 0. The van der Waals surface area contributed by atoms with Gasteiger partial charge in [0.05, 0.1) is 0 Å². The summed E-state index contributed by atoms with van der Waals surface area (Å²) in [6, 6.07) is 0. The van der Waals surface area contributed by atoms with Crippen LogP contribution >= 0.6 is 0 Å². The highest BCUT2D eigenvalue weighted by Crippen LogP contribution is 2.14. The molecule has 0 heteroatoms. The van der Waals surface area contributed by atoms with Crippen molar-refractivity contribution >= 4 is 0 Å². The van der Waals surface area contributed by atoms with E-state index >= 15 is 0 Å². The molecular formula is C14H28. The average Bonchev–Trinajstić information content (AvgIpc) is 2.20. The van der Waals surface area contributed by atoms with Gasteiger partial charge >= 0.3 is 0 Å². The Kier molecular flexibility index (Phi) is 10.6. The summed E-state index contributed by atoms with van der Waals surface area (Å²) in [7, 11) is 0. The molecule has 0 aromatic rings. The Morgan fingerprint density at radius 1 is 0.857 bits per heavy atom. The van der Waals surface area contributed by atoms with E-state index < -0.39 is 0 Å². The summed E-state index contributed by atoms with van der Waals surface area (Å²) in [6.07, 6.45) is 15.5. The van der Waals surface area contributed by atoms with E-state index in [0.717, 1.165) is 5.92 Å². The number of allylic oxidation sites excluding steroid dienone is 2. The van der Waals surface area contributed by atoms with E-state index in [2.05, 4.69) is 32.9 Å². The molecule has 0 aliphatic heterocycles. The number of hydrogen-bond acceptors (Lipinski definition) is 0. The van der Waals surface area contributed by atoms with Gasteiger partial charge < -0.3 is 0 Å². The van der Waals surface area contributed by atoms with Gasteiger partial charge in [-0.25, -0.2) is 0 Å². The molecule has 0 aliphatic carbocycles. The average molecular weight is 196 g/mol. The fourth-order valence-electron chi connectivity index (χ4n) is 1.64. The Balaban J connectivity index is 3.21. The molecule has 0 radical (unpaired) electrons. The monoisotopic (exact) mass is 196 g/mol. The van der Waals surface area contributed by atoms with Crippen molar-refractivity contribution in [3.8, 4) is 0 Å². The molecule has 0 rings (SSSR count). The van der Waals surface area contributed by atoms with E-state index in [0.29, 0.717) is 0 Å². The van der Waals surface area contributed by atoms with Crippen LogP contribution in [-0.4, -0.2) is 0 Å². The first-order valence-corrected chi connectivity index (χ1v) is 6.46. The van der Waals surface area contributed by atoms with Gasteiger partial charge in [-0.3, -0.25) is 0 Å². The normalized spacial score (nSPS) is 13.6. The van der Waals surface area contributed by atoms with Gasteiger partial charge in [0.25, 0.3) is 0 Å². The lowest BCUT2D eigenvalue weighted by Crippen LogP contribution is -1.92. The molecule has 14 heavy (non-hydrogen) atoms. The molecule has 0 aromatic carbocycles. The maximum Gasteiger partial charge on any atom is -0.0348 e. The molecule has 0 heterocycles. The highest BCUT2D eigenvalue weighted by Gasteiger charge is 1.98. The summed E-state index contributed by atoms with van der Waals surface area (Å²) in [5.41, 5.74) is 0. The van der Waals surface area contributed by atoms with Crippen LogP contribution < -0.4 is 0 Å². The van der Waals surface area contributed by atoms with E-state index in [4.69, 9.17) is 0 Å². The standard InChI is InChI=1S/C14H28/c1-4-6-8-9-10-11-13-14(3)12-7-5-2/h9-10,14H,4-8,11-13H2,1-3H3. The molecule has 1 atom stereocenters. The molecule has 1 unspecified atom stereocenters. The van der Waals surface area contributed by atoms with Gasteiger partial charge in [-0.15, -0.1) is 0 Å². The van der Waals surface area contributed by atoms with Gasteiger partial charge in [-0.1, -0.05) is 65.0 Å². The van der Waals surface area contributed by atoms with Crippen molar-refractivity contribution in [1.29, 1.82) is 0 Å². The van der Waals surface area contributed by atoms with Gasteiger partial charge in [-0.05, 0) is 25.2 Å². The third-order valence-corrected chi connectivity index (χ3v) is 2.77. The second-order valence-corrected chi connectivity index (χ2v) is 4.44. The Morgan fingerprint density at radius 3 is 2.14 bits per heavy atom. The van der Waals surface area contributed by atoms with E-state index in [1.165, 1.54) is 51.4 Å². The Labute approximate surface area is 90.8 Å². The lowest BCUT2D eigenvalue weighted by atomic mass is 9.99. The molecule has 0 aromatic heterocycles.